The lowest BCUT2D eigenvalue weighted by Gasteiger charge is -2.39. The maximum atomic E-state index is 13.6. The van der Waals surface area contributed by atoms with E-state index in [2.05, 4.69) is 20.3 Å². The largest absolute Gasteiger partial charge is 0.490 e. The molecule has 0 saturated carbocycles. The van der Waals surface area contributed by atoms with Gasteiger partial charge in [-0.15, -0.1) is 0 Å². The molecule has 1 amide bonds. The number of hydrogen-bond acceptors (Lipinski definition) is 10. The molecule has 0 saturated heterocycles. The number of carbonyl (C=O) groups is 2. The van der Waals surface area contributed by atoms with Crippen LogP contribution >= 0.6 is 0 Å². The second kappa shape index (κ2) is 17.9. The van der Waals surface area contributed by atoms with Crippen LogP contribution in [0.4, 0.5) is 42.8 Å². The second-order valence-corrected chi connectivity index (χ2v) is 12.1. The molecule has 3 heterocycles. The van der Waals surface area contributed by atoms with E-state index in [1.54, 1.807) is 12.1 Å². The Morgan fingerprint density at radius 3 is 2.36 bits per heavy atom. The van der Waals surface area contributed by atoms with Crippen LogP contribution in [0.1, 0.15) is 92.4 Å². The number of carboxylic acids is 1. The van der Waals surface area contributed by atoms with Gasteiger partial charge < -0.3 is 24.6 Å². The van der Waals surface area contributed by atoms with Crippen molar-refractivity contribution in [2.45, 2.75) is 89.1 Å². The van der Waals surface area contributed by atoms with Gasteiger partial charge in [0.1, 0.15) is 0 Å². The number of rotatable bonds is 16. The number of nitriles is 1. The van der Waals surface area contributed by atoms with Crippen LogP contribution in [0.5, 0.6) is 11.6 Å². The number of nitrogens with one attached hydrogen (secondary N) is 1. The molecule has 1 aromatic carbocycles. The average molecular weight is 753 g/mol. The number of aliphatic carboxylic acids is 1. The minimum absolute atomic E-state index is 0.00612. The molecule has 0 unspecified atom stereocenters. The number of nitrogens with zero attached hydrogens (tertiary/aromatic N) is 5. The fraction of sp³-hybridized carbons (Fsp3) is 0.486. The van der Waals surface area contributed by atoms with Gasteiger partial charge in [0.2, 0.25) is 11.8 Å². The van der Waals surface area contributed by atoms with Crippen molar-refractivity contribution in [2.24, 2.45) is 0 Å². The first kappa shape index (κ1) is 40.4. The predicted octanol–water partition coefficient (Wildman–Crippen LogP) is 8.11. The van der Waals surface area contributed by atoms with E-state index in [4.69, 9.17) is 24.6 Å². The highest BCUT2D eigenvalue weighted by atomic mass is 19.4. The van der Waals surface area contributed by atoms with Crippen molar-refractivity contribution in [3.63, 3.8) is 0 Å². The highest BCUT2D eigenvalue weighted by molar-refractivity contribution is 5.90. The Kier molecular flexibility index (Phi) is 13.7. The van der Waals surface area contributed by atoms with Crippen molar-refractivity contribution in [2.75, 3.05) is 30.5 Å². The van der Waals surface area contributed by atoms with Gasteiger partial charge in [-0.1, -0.05) is 6.92 Å². The molecule has 3 aromatic rings. The fourth-order valence-corrected chi connectivity index (χ4v) is 5.74. The summed E-state index contributed by atoms with van der Waals surface area (Å²) in [7, 11) is 1.41. The van der Waals surface area contributed by atoms with Gasteiger partial charge in [-0.25, -0.2) is 19.7 Å². The van der Waals surface area contributed by atoms with E-state index in [1.165, 1.54) is 18.2 Å². The number of hydrogen-bond donors (Lipinski definition) is 2. The number of halogens is 6. The summed E-state index contributed by atoms with van der Waals surface area (Å²) in [5.74, 6) is -0.714. The zero-order valence-corrected chi connectivity index (χ0v) is 28.9. The number of benzene rings is 1. The van der Waals surface area contributed by atoms with E-state index in [0.29, 0.717) is 55.6 Å². The Labute approximate surface area is 301 Å². The molecule has 1 aliphatic heterocycles. The van der Waals surface area contributed by atoms with E-state index >= 15 is 0 Å². The molecular formula is C35H38F6N6O6. The number of fused-ring (bicyclic) bond motifs is 1. The number of alkyl halides is 6. The molecule has 2 N–H and O–H groups in total. The lowest BCUT2D eigenvalue weighted by atomic mass is 9.93. The quantitative estimate of drug-likeness (QED) is 0.107. The molecule has 0 bridgehead atoms. The fourth-order valence-electron chi connectivity index (χ4n) is 5.74. The molecule has 12 nitrogen and oxygen atoms in total. The van der Waals surface area contributed by atoms with Gasteiger partial charge in [0.25, 0.3) is 0 Å². The summed E-state index contributed by atoms with van der Waals surface area (Å²) in [6.45, 7) is 1.95. The van der Waals surface area contributed by atoms with Crippen molar-refractivity contribution in [3.05, 3.63) is 64.6 Å². The van der Waals surface area contributed by atoms with E-state index < -0.39 is 54.0 Å². The number of carbonyl (C=O) groups excluding carboxylic acids is 1. The Bertz CT molecular complexity index is 1750. The maximum Gasteiger partial charge on any atom is 0.416 e. The molecule has 53 heavy (non-hydrogen) atoms. The van der Waals surface area contributed by atoms with Gasteiger partial charge >= 0.3 is 24.4 Å². The molecule has 0 aliphatic carbocycles. The first-order valence-corrected chi connectivity index (χ1v) is 16.8. The highest BCUT2D eigenvalue weighted by Gasteiger charge is 2.39. The van der Waals surface area contributed by atoms with Crippen molar-refractivity contribution in [3.8, 4) is 17.7 Å². The number of unbranched alkanes of at least 4 members (excludes halogenated alkanes) is 3. The SMILES string of the molecule is CC[C@@H]1C[C@H](Nc2ncc(OCCCC#N)c(Cc3cc(C(F)(F)F)cc(C(F)(F)F)c3)n2)c2nc(OC)ccc2N1C(=O)OCCCCCC(=O)O. The highest BCUT2D eigenvalue weighted by Crippen LogP contribution is 2.41. The Morgan fingerprint density at radius 1 is 1.02 bits per heavy atom. The van der Waals surface area contributed by atoms with Gasteiger partial charge in [-0.05, 0) is 68.4 Å². The van der Waals surface area contributed by atoms with Gasteiger partial charge in [-0.2, -0.15) is 31.6 Å². The number of pyridine rings is 1. The molecule has 286 valence electrons. The molecule has 0 fully saturated rings. The smallest absolute Gasteiger partial charge is 0.416 e. The molecule has 0 spiro atoms. The summed E-state index contributed by atoms with van der Waals surface area (Å²) in [6, 6.07) is 5.39. The van der Waals surface area contributed by atoms with Gasteiger partial charge in [-0.3, -0.25) is 9.69 Å². The zero-order valence-electron chi connectivity index (χ0n) is 28.9. The standard InChI is InChI=1S/C35H38F6N6O6/c1-3-24-19-26(31-27(10-11-29(46-31)51-2)47(24)33(50)53-14-7-4-5-9-30(48)49)45-32-43-20-28(52-13-8-6-12-42)25(44-32)17-21-15-22(34(36,37)38)18-23(16-21)35(39,40)41/h10-11,15-16,18,20,24,26H,3-9,13-14,17,19H2,1-2H3,(H,48,49)(H,43,44,45)/t24-,26+/m1/s1. The Morgan fingerprint density at radius 2 is 1.74 bits per heavy atom. The summed E-state index contributed by atoms with van der Waals surface area (Å²) in [6.07, 6.45) is -7.29. The van der Waals surface area contributed by atoms with E-state index in [1.807, 2.05) is 13.0 Å². The Balaban J connectivity index is 1.66. The van der Waals surface area contributed by atoms with Crippen LogP contribution in [0.2, 0.25) is 0 Å². The monoisotopic (exact) mass is 752 g/mol. The third-order valence-corrected chi connectivity index (χ3v) is 8.32. The maximum absolute atomic E-state index is 13.6. The van der Waals surface area contributed by atoms with Gasteiger partial charge in [0, 0.05) is 31.4 Å². The van der Waals surface area contributed by atoms with Crippen molar-refractivity contribution in [1.82, 2.24) is 15.0 Å². The van der Waals surface area contributed by atoms with Gasteiger partial charge in [0.15, 0.2) is 5.75 Å². The van der Waals surface area contributed by atoms with Crippen molar-refractivity contribution >= 4 is 23.7 Å². The molecule has 18 heteroatoms. The van der Waals surface area contributed by atoms with Crippen LogP contribution < -0.4 is 19.7 Å². The van der Waals surface area contributed by atoms with Gasteiger partial charge in [0.05, 0.1) is 66.8 Å². The molecule has 4 rings (SSSR count). The normalized spacial score (nSPS) is 15.6. The average Bonchev–Trinajstić information content (AvgIpc) is 3.10. The van der Waals surface area contributed by atoms with E-state index in [9.17, 15) is 35.9 Å². The van der Waals surface area contributed by atoms with Crippen LogP contribution in [0.25, 0.3) is 0 Å². The van der Waals surface area contributed by atoms with Crippen molar-refractivity contribution in [1.29, 1.82) is 5.26 Å². The third kappa shape index (κ3) is 11.1. The summed E-state index contributed by atoms with van der Waals surface area (Å²) >= 11 is 0. The van der Waals surface area contributed by atoms with Crippen LogP contribution in [0, 0.1) is 11.3 Å². The van der Waals surface area contributed by atoms with Crippen LogP contribution in [0.3, 0.4) is 0 Å². The van der Waals surface area contributed by atoms with E-state index in [0.717, 1.165) is 0 Å². The number of aromatic nitrogens is 3. The summed E-state index contributed by atoms with van der Waals surface area (Å²) in [5.41, 5.74) is -2.52. The summed E-state index contributed by atoms with van der Waals surface area (Å²) in [5, 5.41) is 20.9. The molecule has 2 aromatic heterocycles. The summed E-state index contributed by atoms with van der Waals surface area (Å²) < 4.78 is 98.4. The second-order valence-electron chi connectivity index (χ2n) is 12.1. The van der Waals surface area contributed by atoms with E-state index in [-0.39, 0.29) is 67.4 Å². The van der Waals surface area contributed by atoms with Crippen LogP contribution in [-0.2, 0) is 28.3 Å². The van der Waals surface area contributed by atoms with Crippen LogP contribution in [0.15, 0.2) is 36.5 Å². The first-order chi connectivity index (χ1) is 25.1. The number of methoxy groups -OCH3 is 1. The molecule has 1 aliphatic rings. The predicted molar refractivity (Wildman–Crippen MR) is 177 cm³/mol. The van der Waals surface area contributed by atoms with Crippen LogP contribution in [-0.4, -0.2) is 58.5 Å². The lowest BCUT2D eigenvalue weighted by Crippen LogP contribution is -2.46. The number of carboxylic acid groups (broad SMARTS) is 1. The number of ether oxygens (including phenoxy) is 3. The topological polar surface area (TPSA) is 160 Å². The zero-order chi connectivity index (χ0) is 38.8. The first-order valence-electron chi connectivity index (χ1n) is 16.8. The third-order valence-electron chi connectivity index (χ3n) is 8.32. The van der Waals surface area contributed by atoms with Crippen molar-refractivity contribution < 1.29 is 55.2 Å². The number of amides is 1. The molecule has 0 radical (unpaired) electrons. The minimum Gasteiger partial charge on any atom is -0.490 e. The minimum atomic E-state index is -5.05. The molecule has 2 atom stereocenters. The Hall–Kier alpha value is -5.34. The lowest BCUT2D eigenvalue weighted by molar-refractivity contribution is -0.143. The summed E-state index contributed by atoms with van der Waals surface area (Å²) in [4.78, 5) is 39.0. The molecular weight excluding hydrogens is 714 g/mol. The number of anilines is 2.